The Morgan fingerprint density at radius 2 is 1.88 bits per heavy atom. The number of carbonyl (C=O) groups is 2. The lowest BCUT2D eigenvalue weighted by Crippen LogP contribution is -2.37. The van der Waals surface area contributed by atoms with E-state index in [4.69, 9.17) is 25.8 Å². The maximum absolute atomic E-state index is 12.9. The minimum absolute atomic E-state index is 0.229. The molecule has 1 aromatic rings. The Labute approximate surface area is 160 Å². The molecule has 6 nitrogen and oxygen atoms in total. The summed E-state index contributed by atoms with van der Waals surface area (Å²) in [6, 6.07) is 3.21. The van der Waals surface area contributed by atoms with Gasteiger partial charge in [0.25, 0.3) is 5.91 Å². The number of benzene rings is 1. The number of hydrogen-bond donors (Lipinski definition) is 0. The molecule has 1 atom stereocenters. The molecule has 0 heterocycles. The van der Waals surface area contributed by atoms with Crippen LogP contribution in [-0.4, -0.2) is 50.2 Å². The summed E-state index contributed by atoms with van der Waals surface area (Å²) in [4.78, 5) is 26.1. The molecular weight excluding hydrogens is 358 g/mol. The molecule has 146 valence electrons. The molecule has 0 N–H and O–H groups in total. The van der Waals surface area contributed by atoms with Gasteiger partial charge in [-0.3, -0.25) is 9.59 Å². The number of nitrogens with zero attached hydrogens (tertiary/aromatic N) is 1. The molecule has 1 amide bonds. The first-order valence-corrected chi connectivity index (χ1v) is 9.23. The molecule has 0 aromatic heterocycles. The fraction of sp³-hybridized carbons (Fsp3) is 0.579. The van der Waals surface area contributed by atoms with E-state index in [1.165, 1.54) is 7.11 Å². The molecule has 0 saturated heterocycles. The Morgan fingerprint density at radius 3 is 2.42 bits per heavy atom. The Hall–Kier alpha value is -1.95. The Bertz CT molecular complexity index is 620. The molecule has 0 saturated carbocycles. The highest BCUT2D eigenvalue weighted by Gasteiger charge is 2.23. The molecule has 7 heteroatoms. The van der Waals surface area contributed by atoms with Crippen LogP contribution in [-0.2, 0) is 9.53 Å². The van der Waals surface area contributed by atoms with Crippen LogP contribution in [0.1, 0.15) is 44.5 Å². The van der Waals surface area contributed by atoms with Crippen LogP contribution in [0.3, 0.4) is 0 Å². The highest BCUT2D eigenvalue weighted by molar-refractivity contribution is 6.32. The molecule has 1 aromatic carbocycles. The highest BCUT2D eigenvalue weighted by Crippen LogP contribution is 2.37. The van der Waals surface area contributed by atoms with Gasteiger partial charge in [-0.05, 0) is 32.4 Å². The lowest BCUT2D eigenvalue weighted by atomic mass is 10.1. The van der Waals surface area contributed by atoms with Crippen LogP contribution in [0, 0.1) is 5.92 Å². The van der Waals surface area contributed by atoms with Crippen LogP contribution in [0.25, 0.3) is 0 Å². The summed E-state index contributed by atoms with van der Waals surface area (Å²) in [5.74, 6) is -0.120. The number of amides is 1. The SMILES string of the molecule is CCCOc1c(Cl)cc(C(=O)N(CC)CC(C)C(=O)OC)cc1OCC. The predicted molar refractivity (Wildman–Crippen MR) is 101 cm³/mol. The van der Waals surface area contributed by atoms with E-state index in [9.17, 15) is 9.59 Å². The van der Waals surface area contributed by atoms with E-state index < -0.39 is 5.92 Å². The van der Waals surface area contributed by atoms with E-state index in [2.05, 4.69) is 0 Å². The van der Waals surface area contributed by atoms with E-state index in [0.717, 1.165) is 6.42 Å². The van der Waals surface area contributed by atoms with Crippen LogP contribution in [0.15, 0.2) is 12.1 Å². The summed E-state index contributed by atoms with van der Waals surface area (Å²) in [6.07, 6.45) is 0.831. The number of carbonyl (C=O) groups excluding carboxylic acids is 2. The summed E-state index contributed by atoms with van der Waals surface area (Å²) in [5, 5.41) is 0.324. The molecule has 0 bridgehead atoms. The number of halogens is 1. The standard InChI is InChI=1S/C19H28ClNO5/c1-6-9-26-17-15(20)10-14(11-16(17)25-8-3)18(22)21(7-2)12-13(4)19(23)24-5/h10-11,13H,6-9,12H2,1-5H3. The minimum atomic E-state index is -0.419. The fourth-order valence-electron chi connectivity index (χ4n) is 2.44. The Balaban J connectivity index is 3.11. The third kappa shape index (κ3) is 5.80. The number of ether oxygens (including phenoxy) is 3. The second kappa shape index (κ2) is 10.9. The number of hydrogen-bond acceptors (Lipinski definition) is 5. The van der Waals surface area contributed by atoms with Crippen molar-refractivity contribution < 1.29 is 23.8 Å². The predicted octanol–water partition coefficient (Wildman–Crippen LogP) is 3.80. The van der Waals surface area contributed by atoms with E-state index in [0.29, 0.717) is 41.8 Å². The summed E-state index contributed by atoms with van der Waals surface area (Å²) in [5.41, 5.74) is 0.390. The van der Waals surface area contributed by atoms with Crippen LogP contribution in [0.5, 0.6) is 11.5 Å². The maximum Gasteiger partial charge on any atom is 0.310 e. The van der Waals surface area contributed by atoms with Crippen LogP contribution < -0.4 is 9.47 Å². The molecule has 0 fully saturated rings. The lowest BCUT2D eigenvalue weighted by Gasteiger charge is -2.24. The minimum Gasteiger partial charge on any atom is -0.490 e. The van der Waals surface area contributed by atoms with E-state index >= 15 is 0 Å². The van der Waals surface area contributed by atoms with Crippen molar-refractivity contribution >= 4 is 23.5 Å². The third-order valence-corrected chi connectivity index (χ3v) is 4.05. The number of methoxy groups -OCH3 is 1. The van der Waals surface area contributed by atoms with Crippen molar-refractivity contribution in [1.82, 2.24) is 4.90 Å². The maximum atomic E-state index is 12.9. The van der Waals surface area contributed by atoms with Gasteiger partial charge in [0.05, 0.1) is 31.3 Å². The van der Waals surface area contributed by atoms with E-state index in [1.807, 2.05) is 20.8 Å². The molecule has 26 heavy (non-hydrogen) atoms. The average molecular weight is 386 g/mol. The largest absolute Gasteiger partial charge is 0.490 e. The van der Waals surface area contributed by atoms with Crippen LogP contribution >= 0.6 is 11.6 Å². The zero-order chi connectivity index (χ0) is 19.7. The van der Waals surface area contributed by atoms with E-state index in [-0.39, 0.29) is 18.4 Å². The second-order valence-corrected chi connectivity index (χ2v) is 6.24. The summed E-state index contributed by atoms with van der Waals surface area (Å²) in [7, 11) is 1.33. The second-order valence-electron chi connectivity index (χ2n) is 5.83. The van der Waals surface area contributed by atoms with Gasteiger partial charge < -0.3 is 19.1 Å². The van der Waals surface area contributed by atoms with Crippen molar-refractivity contribution in [2.45, 2.75) is 34.1 Å². The van der Waals surface area contributed by atoms with Crippen molar-refractivity contribution in [2.24, 2.45) is 5.92 Å². The normalized spacial score (nSPS) is 11.6. The highest BCUT2D eigenvalue weighted by atomic mass is 35.5. The van der Waals surface area contributed by atoms with Crippen LogP contribution in [0.4, 0.5) is 0 Å². The number of esters is 1. The lowest BCUT2D eigenvalue weighted by molar-refractivity contribution is -0.145. The summed E-state index contributed by atoms with van der Waals surface area (Å²) < 4.78 is 16.0. The molecular formula is C19H28ClNO5. The molecule has 1 unspecified atom stereocenters. The van der Waals surface area contributed by atoms with Gasteiger partial charge >= 0.3 is 5.97 Å². The van der Waals surface area contributed by atoms with Gasteiger partial charge in [-0.1, -0.05) is 25.4 Å². The van der Waals surface area contributed by atoms with Gasteiger partial charge in [0.15, 0.2) is 11.5 Å². The number of rotatable bonds is 10. The average Bonchev–Trinajstić information content (AvgIpc) is 2.64. The summed E-state index contributed by atoms with van der Waals surface area (Å²) >= 11 is 6.33. The Morgan fingerprint density at radius 1 is 1.19 bits per heavy atom. The molecule has 0 spiro atoms. The van der Waals surface area contributed by atoms with Gasteiger partial charge in [-0.2, -0.15) is 0 Å². The van der Waals surface area contributed by atoms with Crippen molar-refractivity contribution in [3.05, 3.63) is 22.7 Å². The molecule has 0 radical (unpaired) electrons. The molecule has 0 aliphatic carbocycles. The van der Waals surface area contributed by atoms with Crippen molar-refractivity contribution in [1.29, 1.82) is 0 Å². The topological polar surface area (TPSA) is 65.1 Å². The van der Waals surface area contributed by atoms with Gasteiger partial charge in [0, 0.05) is 18.7 Å². The van der Waals surface area contributed by atoms with Crippen molar-refractivity contribution in [2.75, 3.05) is 33.4 Å². The van der Waals surface area contributed by atoms with Gasteiger partial charge in [0.2, 0.25) is 0 Å². The first-order valence-electron chi connectivity index (χ1n) is 8.85. The van der Waals surface area contributed by atoms with Gasteiger partial charge in [-0.15, -0.1) is 0 Å². The Kier molecular flexibility index (Phi) is 9.27. The van der Waals surface area contributed by atoms with Crippen LogP contribution in [0.2, 0.25) is 5.02 Å². The van der Waals surface area contributed by atoms with E-state index in [1.54, 1.807) is 24.0 Å². The molecule has 0 aliphatic rings. The molecule has 1 rings (SSSR count). The summed E-state index contributed by atoms with van der Waals surface area (Å²) in [6.45, 7) is 9.07. The van der Waals surface area contributed by atoms with Gasteiger partial charge in [-0.25, -0.2) is 0 Å². The smallest absolute Gasteiger partial charge is 0.310 e. The first kappa shape index (κ1) is 22.1. The van der Waals surface area contributed by atoms with Crippen molar-refractivity contribution in [3.8, 4) is 11.5 Å². The third-order valence-electron chi connectivity index (χ3n) is 3.77. The zero-order valence-corrected chi connectivity index (χ0v) is 16.9. The molecule has 0 aliphatic heterocycles. The monoisotopic (exact) mass is 385 g/mol. The van der Waals surface area contributed by atoms with Gasteiger partial charge in [0.1, 0.15) is 0 Å². The first-order chi connectivity index (χ1) is 12.4. The quantitative estimate of drug-likeness (QED) is 0.573. The fourth-order valence-corrected chi connectivity index (χ4v) is 2.71. The zero-order valence-electron chi connectivity index (χ0n) is 16.1. The van der Waals surface area contributed by atoms with Crippen molar-refractivity contribution in [3.63, 3.8) is 0 Å².